The Bertz CT molecular complexity index is 1420. The molecule has 190 valence electrons. The minimum absolute atomic E-state index is 0.0809. The van der Waals surface area contributed by atoms with Gasteiger partial charge in [0.1, 0.15) is 11.2 Å². The summed E-state index contributed by atoms with van der Waals surface area (Å²) in [5.41, 5.74) is 2.27. The van der Waals surface area contributed by atoms with Crippen LogP contribution in [0.2, 0.25) is 0 Å². The van der Waals surface area contributed by atoms with Crippen LogP contribution < -0.4 is 5.32 Å². The topological polar surface area (TPSA) is 72.2 Å². The molecule has 1 atom stereocenters. The van der Waals surface area contributed by atoms with Gasteiger partial charge < -0.3 is 19.4 Å². The van der Waals surface area contributed by atoms with Gasteiger partial charge in [-0.1, -0.05) is 49.9 Å². The van der Waals surface area contributed by atoms with E-state index in [9.17, 15) is 9.59 Å². The molecule has 0 radical (unpaired) electrons. The van der Waals surface area contributed by atoms with E-state index in [1.807, 2.05) is 66.3 Å². The van der Waals surface area contributed by atoms with Crippen LogP contribution in [-0.4, -0.2) is 42.4 Å². The molecule has 7 nitrogen and oxygen atoms in total. The second kappa shape index (κ2) is 9.54. The van der Waals surface area contributed by atoms with E-state index >= 15 is 0 Å². The van der Waals surface area contributed by atoms with Gasteiger partial charge in [-0.2, -0.15) is 0 Å². The number of carbonyl (C=O) groups is 2. The average Bonchev–Trinajstić information content (AvgIpc) is 3.47. The Morgan fingerprint density at radius 3 is 2.51 bits per heavy atom. The van der Waals surface area contributed by atoms with Crippen LogP contribution in [-0.2, 0) is 17.9 Å². The SMILES string of the molecule is C[C@@]1(C(=O)NC2CCCCCC2)Cn2c(c(-n3cccc3)c3ccccc32)C(=O)N1Cc1cccnc1. The lowest BCUT2D eigenvalue weighted by Gasteiger charge is -2.45. The molecule has 1 aliphatic carbocycles. The molecule has 1 fully saturated rings. The van der Waals surface area contributed by atoms with Crippen molar-refractivity contribution in [1.82, 2.24) is 24.3 Å². The molecule has 1 N–H and O–H groups in total. The van der Waals surface area contributed by atoms with Gasteiger partial charge in [0.2, 0.25) is 5.91 Å². The minimum atomic E-state index is -1.05. The number of para-hydroxylation sites is 1. The first-order chi connectivity index (χ1) is 18.1. The molecule has 0 spiro atoms. The maximum absolute atomic E-state index is 14.5. The van der Waals surface area contributed by atoms with Gasteiger partial charge in [0.15, 0.2) is 0 Å². The van der Waals surface area contributed by atoms with Crippen molar-refractivity contribution in [2.45, 2.75) is 70.1 Å². The van der Waals surface area contributed by atoms with Crippen LogP contribution in [0.4, 0.5) is 0 Å². The quantitative estimate of drug-likeness (QED) is 0.393. The van der Waals surface area contributed by atoms with Crippen LogP contribution in [0.5, 0.6) is 0 Å². The number of hydrogen-bond donors (Lipinski definition) is 1. The van der Waals surface area contributed by atoms with Crippen molar-refractivity contribution in [2.75, 3.05) is 0 Å². The average molecular weight is 496 g/mol. The third-order valence-electron chi connectivity index (χ3n) is 8.06. The molecule has 37 heavy (non-hydrogen) atoms. The maximum Gasteiger partial charge on any atom is 0.273 e. The molecule has 4 aromatic rings. The third-order valence-corrected chi connectivity index (χ3v) is 8.06. The number of rotatable bonds is 5. The van der Waals surface area contributed by atoms with E-state index in [1.54, 1.807) is 17.3 Å². The third kappa shape index (κ3) is 4.12. The number of amides is 2. The number of pyridine rings is 1. The number of fused-ring (bicyclic) bond motifs is 3. The van der Waals surface area contributed by atoms with Crippen LogP contribution in [0.1, 0.15) is 61.5 Å². The van der Waals surface area contributed by atoms with Gasteiger partial charge in [0, 0.05) is 42.8 Å². The molecule has 1 saturated carbocycles. The first kappa shape index (κ1) is 23.5. The number of aromatic nitrogens is 3. The fourth-order valence-electron chi connectivity index (χ4n) is 6.04. The number of carbonyl (C=O) groups excluding carboxylic acids is 2. The largest absolute Gasteiger partial charge is 0.351 e. The van der Waals surface area contributed by atoms with Crippen LogP contribution in [0, 0.1) is 0 Å². The summed E-state index contributed by atoms with van der Waals surface area (Å²) in [6, 6.07) is 16.0. The van der Waals surface area contributed by atoms with E-state index < -0.39 is 5.54 Å². The van der Waals surface area contributed by atoms with Crippen LogP contribution >= 0.6 is 0 Å². The highest BCUT2D eigenvalue weighted by Gasteiger charge is 2.49. The number of hydrogen-bond acceptors (Lipinski definition) is 3. The summed E-state index contributed by atoms with van der Waals surface area (Å²) >= 11 is 0. The lowest BCUT2D eigenvalue weighted by atomic mass is 9.93. The molecule has 0 bridgehead atoms. The summed E-state index contributed by atoms with van der Waals surface area (Å²) in [6.45, 7) is 2.61. The molecule has 1 aliphatic heterocycles. The normalized spacial score (nSPS) is 20.6. The summed E-state index contributed by atoms with van der Waals surface area (Å²) < 4.78 is 4.06. The molecular formula is C30H33N5O2. The number of nitrogens with zero attached hydrogens (tertiary/aromatic N) is 4. The molecule has 0 unspecified atom stereocenters. The number of benzene rings is 1. The smallest absolute Gasteiger partial charge is 0.273 e. The van der Waals surface area contributed by atoms with Crippen LogP contribution in [0.3, 0.4) is 0 Å². The first-order valence-corrected chi connectivity index (χ1v) is 13.3. The van der Waals surface area contributed by atoms with Gasteiger partial charge in [-0.05, 0) is 49.6 Å². The van der Waals surface area contributed by atoms with Crippen molar-refractivity contribution in [3.63, 3.8) is 0 Å². The maximum atomic E-state index is 14.5. The molecular weight excluding hydrogens is 462 g/mol. The van der Waals surface area contributed by atoms with E-state index in [4.69, 9.17) is 0 Å². The van der Waals surface area contributed by atoms with Gasteiger partial charge in [-0.3, -0.25) is 14.6 Å². The highest BCUT2D eigenvalue weighted by Crippen LogP contribution is 2.38. The molecule has 4 heterocycles. The highest BCUT2D eigenvalue weighted by molar-refractivity contribution is 6.08. The van der Waals surface area contributed by atoms with Gasteiger partial charge in [-0.15, -0.1) is 0 Å². The van der Waals surface area contributed by atoms with E-state index in [2.05, 4.69) is 20.9 Å². The lowest BCUT2D eigenvalue weighted by Crippen LogP contribution is -2.64. The Kier molecular flexibility index (Phi) is 6.07. The Morgan fingerprint density at radius 1 is 1.03 bits per heavy atom. The fourth-order valence-corrected chi connectivity index (χ4v) is 6.04. The molecule has 2 aliphatic rings. The Morgan fingerprint density at radius 2 is 1.78 bits per heavy atom. The second-order valence-corrected chi connectivity index (χ2v) is 10.6. The predicted molar refractivity (Wildman–Crippen MR) is 143 cm³/mol. The zero-order valence-corrected chi connectivity index (χ0v) is 21.3. The lowest BCUT2D eigenvalue weighted by molar-refractivity contribution is -0.134. The van der Waals surface area contributed by atoms with Gasteiger partial charge >= 0.3 is 0 Å². The fraction of sp³-hybridized carbons (Fsp3) is 0.367. The van der Waals surface area contributed by atoms with Crippen molar-refractivity contribution >= 4 is 22.7 Å². The molecule has 7 heteroatoms. The summed E-state index contributed by atoms with van der Waals surface area (Å²) in [5, 5.41) is 4.35. The summed E-state index contributed by atoms with van der Waals surface area (Å²) in [7, 11) is 0. The zero-order chi connectivity index (χ0) is 25.4. The Labute approximate surface area is 217 Å². The van der Waals surface area contributed by atoms with Gasteiger partial charge in [0.05, 0.1) is 17.7 Å². The summed E-state index contributed by atoms with van der Waals surface area (Å²) in [4.78, 5) is 34.6. The summed E-state index contributed by atoms with van der Waals surface area (Å²) in [5.74, 6) is -0.226. The van der Waals surface area contributed by atoms with Crippen molar-refractivity contribution in [1.29, 1.82) is 0 Å². The summed E-state index contributed by atoms with van der Waals surface area (Å²) in [6.07, 6.45) is 14.1. The monoisotopic (exact) mass is 495 g/mol. The molecule has 3 aromatic heterocycles. The van der Waals surface area contributed by atoms with Crippen molar-refractivity contribution in [2.24, 2.45) is 0 Å². The second-order valence-electron chi connectivity index (χ2n) is 10.6. The van der Waals surface area contributed by atoms with Crippen LogP contribution in [0.25, 0.3) is 16.6 Å². The molecule has 2 amide bonds. The highest BCUT2D eigenvalue weighted by atomic mass is 16.2. The van der Waals surface area contributed by atoms with E-state index in [0.717, 1.165) is 47.8 Å². The predicted octanol–water partition coefficient (Wildman–Crippen LogP) is 5.08. The number of nitrogens with one attached hydrogen (secondary N) is 1. The Hall–Kier alpha value is -3.87. The standard InChI is InChI=1S/C30H33N5O2/c1-30(29(37)32-23-12-4-2-3-5-13-23)21-34-25-15-7-6-14-24(25)26(33-17-8-9-18-33)27(34)28(36)35(30)20-22-11-10-16-31-19-22/h6-11,14-19,23H,2-5,12-13,20-21H2,1H3,(H,32,37)/t30-/m0/s1. The van der Waals surface area contributed by atoms with Crippen molar-refractivity contribution in [3.05, 3.63) is 84.6 Å². The van der Waals surface area contributed by atoms with Crippen molar-refractivity contribution < 1.29 is 9.59 Å². The molecule has 6 rings (SSSR count). The minimum Gasteiger partial charge on any atom is -0.351 e. The molecule has 0 saturated heterocycles. The first-order valence-electron chi connectivity index (χ1n) is 13.3. The van der Waals surface area contributed by atoms with E-state index in [1.165, 1.54) is 12.8 Å². The Balaban J connectivity index is 1.48. The van der Waals surface area contributed by atoms with Crippen LogP contribution in [0.15, 0.2) is 73.3 Å². The van der Waals surface area contributed by atoms with E-state index in [-0.39, 0.29) is 17.9 Å². The zero-order valence-electron chi connectivity index (χ0n) is 21.3. The molecule has 1 aromatic carbocycles. The van der Waals surface area contributed by atoms with Gasteiger partial charge in [0.25, 0.3) is 5.91 Å². The van der Waals surface area contributed by atoms with Crippen molar-refractivity contribution in [3.8, 4) is 5.69 Å². The van der Waals surface area contributed by atoms with E-state index in [0.29, 0.717) is 18.8 Å². The van der Waals surface area contributed by atoms with Gasteiger partial charge in [-0.25, -0.2) is 0 Å².